The first-order valence-electron chi connectivity index (χ1n) is 4.47. The quantitative estimate of drug-likeness (QED) is 0.664. The molecule has 0 bridgehead atoms. The summed E-state index contributed by atoms with van der Waals surface area (Å²) >= 11 is 0. The molecule has 1 fully saturated rings. The molecule has 78 valence electrons. The predicted octanol–water partition coefficient (Wildman–Crippen LogP) is 2.46. The number of alkyl halides is 3. The number of rotatable bonds is 2. The zero-order valence-corrected chi connectivity index (χ0v) is 7.40. The number of nitrogens with one attached hydrogen (secondary N) is 1. The second kappa shape index (κ2) is 4.28. The topological polar surface area (TPSA) is 27.0 Å². The normalized spacial score (nSPS) is 22.2. The van der Waals surface area contributed by atoms with Gasteiger partial charge in [-0.25, -0.2) is 0 Å². The van der Waals surface area contributed by atoms with Crippen LogP contribution in [0.5, 0.6) is 0 Å². The Morgan fingerprint density at radius 3 is 2.23 bits per heavy atom. The number of nitrogens with zero attached hydrogens (tertiary/aromatic N) is 1. The van der Waals surface area contributed by atoms with Crippen LogP contribution in [0.1, 0.15) is 19.3 Å². The molecule has 1 heterocycles. The van der Waals surface area contributed by atoms with E-state index in [0.29, 0.717) is 25.9 Å². The van der Waals surface area contributed by atoms with Crippen molar-refractivity contribution < 1.29 is 13.2 Å². The Morgan fingerprint density at radius 2 is 1.77 bits per heavy atom. The van der Waals surface area contributed by atoms with Crippen molar-refractivity contribution in [3.8, 4) is 0 Å². The van der Waals surface area contributed by atoms with Crippen molar-refractivity contribution in [1.82, 2.24) is 4.90 Å². The molecule has 0 atom stereocenters. The molecule has 0 aromatic rings. The van der Waals surface area contributed by atoms with Crippen LogP contribution in [0.25, 0.3) is 5.73 Å². The molecule has 0 saturated carbocycles. The van der Waals surface area contributed by atoms with Crippen molar-refractivity contribution in [2.75, 3.05) is 19.6 Å². The largest absolute Gasteiger partial charge is 0.675 e. The Kier molecular flexibility index (Phi) is 3.55. The summed E-state index contributed by atoms with van der Waals surface area (Å²) in [6, 6.07) is -0.0675. The first kappa shape index (κ1) is 10.8. The third-order valence-electron chi connectivity index (χ3n) is 2.30. The van der Waals surface area contributed by atoms with Gasteiger partial charge in [0.25, 0.3) is 0 Å². The van der Waals surface area contributed by atoms with E-state index < -0.39 is 12.6 Å². The van der Waals surface area contributed by atoms with Gasteiger partial charge in [-0.15, -0.1) is 6.04 Å². The van der Waals surface area contributed by atoms with Crippen LogP contribution >= 0.6 is 0 Å². The highest BCUT2D eigenvalue weighted by Crippen LogP contribution is 2.21. The van der Waals surface area contributed by atoms with Crippen molar-refractivity contribution >= 4 is 0 Å². The lowest BCUT2D eigenvalue weighted by atomic mass is 10.1. The van der Waals surface area contributed by atoms with E-state index in [9.17, 15) is 13.2 Å². The summed E-state index contributed by atoms with van der Waals surface area (Å²) in [5.41, 5.74) is 7.37. The third kappa shape index (κ3) is 4.47. The smallest absolute Gasteiger partial charge is 0.390 e. The minimum atomic E-state index is -4.04. The Bertz CT molecular complexity index is 150. The van der Waals surface area contributed by atoms with Gasteiger partial charge in [0.1, 0.15) is 0 Å². The Hall–Kier alpha value is -0.290. The molecule has 1 N–H and O–H groups in total. The number of hydrogen-bond acceptors (Lipinski definition) is 1. The summed E-state index contributed by atoms with van der Waals surface area (Å²) in [5, 5.41) is 0. The van der Waals surface area contributed by atoms with Gasteiger partial charge in [0.15, 0.2) is 0 Å². The van der Waals surface area contributed by atoms with E-state index in [1.165, 1.54) is 0 Å². The summed E-state index contributed by atoms with van der Waals surface area (Å²) in [4.78, 5) is 1.79. The first-order valence-corrected chi connectivity index (χ1v) is 4.47. The molecule has 0 aliphatic carbocycles. The third-order valence-corrected chi connectivity index (χ3v) is 2.30. The van der Waals surface area contributed by atoms with Crippen LogP contribution in [0.4, 0.5) is 13.2 Å². The lowest BCUT2D eigenvalue weighted by Crippen LogP contribution is -2.36. The first-order chi connectivity index (χ1) is 5.97. The van der Waals surface area contributed by atoms with Crippen LogP contribution in [0.2, 0.25) is 0 Å². The summed E-state index contributed by atoms with van der Waals surface area (Å²) in [7, 11) is 0. The monoisotopic (exact) mass is 195 g/mol. The SMILES string of the molecule is [NH-]C1CCN(CCC(F)(F)F)CC1. The van der Waals surface area contributed by atoms with Gasteiger partial charge in [-0.3, -0.25) is 0 Å². The van der Waals surface area contributed by atoms with Gasteiger partial charge >= 0.3 is 6.18 Å². The fourth-order valence-corrected chi connectivity index (χ4v) is 1.44. The fraction of sp³-hybridized carbons (Fsp3) is 1.00. The van der Waals surface area contributed by atoms with Crippen LogP contribution in [0.3, 0.4) is 0 Å². The van der Waals surface area contributed by atoms with E-state index >= 15 is 0 Å². The maximum atomic E-state index is 11.8. The maximum Gasteiger partial charge on any atom is 0.390 e. The average molecular weight is 195 g/mol. The standard InChI is InChI=1S/C8H14F3N2/c9-8(10,11)3-6-13-4-1-7(12)2-5-13/h7,12H,1-6H2/q-1. The van der Waals surface area contributed by atoms with Crippen LogP contribution in [-0.2, 0) is 0 Å². The van der Waals surface area contributed by atoms with Crippen molar-refractivity contribution in [1.29, 1.82) is 0 Å². The van der Waals surface area contributed by atoms with Crippen LogP contribution < -0.4 is 0 Å². The molecule has 5 heteroatoms. The molecule has 0 aromatic heterocycles. The highest BCUT2D eigenvalue weighted by atomic mass is 19.4. The van der Waals surface area contributed by atoms with E-state index in [2.05, 4.69) is 0 Å². The molecule has 1 rings (SSSR count). The lowest BCUT2D eigenvalue weighted by Gasteiger charge is -2.34. The molecule has 0 aromatic carbocycles. The number of halogens is 3. The summed E-state index contributed by atoms with van der Waals surface area (Å²) in [5.74, 6) is 0. The summed E-state index contributed by atoms with van der Waals surface area (Å²) in [6.45, 7) is 1.38. The predicted molar refractivity (Wildman–Crippen MR) is 44.5 cm³/mol. The summed E-state index contributed by atoms with van der Waals surface area (Å²) < 4.78 is 35.5. The van der Waals surface area contributed by atoms with Gasteiger partial charge in [0, 0.05) is 6.54 Å². The molecule has 1 saturated heterocycles. The molecule has 2 nitrogen and oxygen atoms in total. The van der Waals surface area contributed by atoms with E-state index in [1.54, 1.807) is 4.90 Å². The number of hydrogen-bond donors (Lipinski definition) is 0. The van der Waals surface area contributed by atoms with Crippen LogP contribution in [-0.4, -0.2) is 36.8 Å². The molecule has 1 aliphatic rings. The molecular formula is C8H14F3N2-. The minimum absolute atomic E-state index is 0.0675. The Labute approximate surface area is 75.9 Å². The molecular weight excluding hydrogens is 181 g/mol. The van der Waals surface area contributed by atoms with E-state index in [-0.39, 0.29) is 12.6 Å². The van der Waals surface area contributed by atoms with Crippen LogP contribution in [0.15, 0.2) is 0 Å². The van der Waals surface area contributed by atoms with Gasteiger partial charge < -0.3 is 10.6 Å². The lowest BCUT2D eigenvalue weighted by molar-refractivity contribution is -0.138. The molecule has 0 spiro atoms. The van der Waals surface area contributed by atoms with Gasteiger partial charge in [0.2, 0.25) is 0 Å². The second-order valence-corrected chi connectivity index (χ2v) is 3.48. The van der Waals surface area contributed by atoms with Crippen molar-refractivity contribution in [2.45, 2.75) is 31.5 Å². The zero-order valence-electron chi connectivity index (χ0n) is 7.40. The summed E-state index contributed by atoms with van der Waals surface area (Å²) in [6.07, 6.45) is -3.36. The van der Waals surface area contributed by atoms with E-state index in [4.69, 9.17) is 5.73 Å². The fourth-order valence-electron chi connectivity index (χ4n) is 1.44. The highest BCUT2D eigenvalue weighted by Gasteiger charge is 2.28. The van der Waals surface area contributed by atoms with Gasteiger partial charge in [0.05, 0.1) is 6.42 Å². The van der Waals surface area contributed by atoms with Crippen molar-refractivity contribution in [3.05, 3.63) is 5.73 Å². The van der Waals surface area contributed by atoms with Gasteiger partial charge in [-0.2, -0.15) is 13.2 Å². The molecule has 0 unspecified atom stereocenters. The Balaban J connectivity index is 2.16. The minimum Gasteiger partial charge on any atom is -0.675 e. The molecule has 0 radical (unpaired) electrons. The second-order valence-electron chi connectivity index (χ2n) is 3.48. The maximum absolute atomic E-state index is 11.8. The Morgan fingerprint density at radius 1 is 1.23 bits per heavy atom. The van der Waals surface area contributed by atoms with Crippen molar-refractivity contribution in [2.24, 2.45) is 0 Å². The number of likely N-dealkylation sites (tertiary alicyclic amines) is 1. The highest BCUT2D eigenvalue weighted by molar-refractivity contribution is 4.81. The van der Waals surface area contributed by atoms with Gasteiger partial charge in [-0.1, -0.05) is 12.8 Å². The average Bonchev–Trinajstić information content (AvgIpc) is 2.02. The van der Waals surface area contributed by atoms with E-state index in [1.807, 2.05) is 0 Å². The van der Waals surface area contributed by atoms with Crippen molar-refractivity contribution in [3.63, 3.8) is 0 Å². The van der Waals surface area contributed by atoms with Crippen LogP contribution in [0, 0.1) is 0 Å². The zero-order chi connectivity index (χ0) is 9.90. The molecule has 0 amide bonds. The van der Waals surface area contributed by atoms with Gasteiger partial charge in [-0.05, 0) is 13.1 Å². The molecule has 13 heavy (non-hydrogen) atoms. The molecule has 1 aliphatic heterocycles. The van der Waals surface area contributed by atoms with E-state index in [0.717, 1.165) is 0 Å². The number of piperidine rings is 1.